The predicted octanol–water partition coefficient (Wildman–Crippen LogP) is 4.93. The van der Waals surface area contributed by atoms with Crippen LogP contribution >= 0.6 is 0 Å². The minimum absolute atomic E-state index is 0.00685. The summed E-state index contributed by atoms with van der Waals surface area (Å²) < 4.78 is 1.74. The number of nitrogens with zero attached hydrogens (tertiary/aromatic N) is 2. The molecule has 3 nitrogen and oxygen atoms in total. The van der Waals surface area contributed by atoms with Crippen LogP contribution in [0.5, 0.6) is 0 Å². The molecule has 24 heavy (non-hydrogen) atoms. The van der Waals surface area contributed by atoms with Gasteiger partial charge in [-0.15, -0.1) is 0 Å². The van der Waals surface area contributed by atoms with Crippen LogP contribution in [0.3, 0.4) is 0 Å². The first-order valence-electron chi connectivity index (χ1n) is 8.30. The van der Waals surface area contributed by atoms with Crippen LogP contribution in [0.15, 0.2) is 59.4 Å². The van der Waals surface area contributed by atoms with Gasteiger partial charge in [0.15, 0.2) is 0 Å². The molecule has 0 unspecified atom stereocenters. The molecule has 0 N–H and O–H groups in total. The largest absolute Gasteiger partial charge is 0.268 e. The van der Waals surface area contributed by atoms with E-state index in [1.807, 2.05) is 50.2 Å². The summed E-state index contributed by atoms with van der Waals surface area (Å²) in [5.41, 5.74) is 3.65. The maximum absolute atomic E-state index is 13.0. The van der Waals surface area contributed by atoms with Crippen LogP contribution in [0.25, 0.3) is 38.2 Å². The Bertz CT molecular complexity index is 1250. The van der Waals surface area contributed by atoms with Gasteiger partial charge in [-0.25, -0.2) is 4.98 Å². The van der Waals surface area contributed by atoms with Crippen LogP contribution in [0, 0.1) is 6.92 Å². The molecule has 0 aliphatic heterocycles. The minimum Gasteiger partial charge on any atom is -0.268 e. The fraction of sp³-hybridized carbons (Fsp3) is 0.143. The van der Waals surface area contributed by atoms with E-state index < -0.39 is 0 Å². The highest BCUT2D eigenvalue weighted by Gasteiger charge is 2.15. The lowest BCUT2D eigenvalue weighted by atomic mass is 9.99. The first kappa shape index (κ1) is 14.6. The number of imidazole rings is 1. The molecule has 3 aromatic carbocycles. The van der Waals surface area contributed by atoms with Crippen molar-refractivity contribution in [2.75, 3.05) is 0 Å². The zero-order valence-electron chi connectivity index (χ0n) is 14.0. The van der Waals surface area contributed by atoms with E-state index >= 15 is 0 Å². The van der Waals surface area contributed by atoms with Gasteiger partial charge in [0.25, 0.3) is 5.56 Å². The third-order valence-corrected chi connectivity index (χ3v) is 4.49. The Balaban J connectivity index is 0.000000704. The molecule has 0 bridgehead atoms. The third-order valence-electron chi connectivity index (χ3n) is 4.49. The highest BCUT2D eigenvalue weighted by Crippen LogP contribution is 2.31. The Morgan fingerprint density at radius 2 is 1.58 bits per heavy atom. The molecule has 2 aromatic heterocycles. The Labute approximate surface area is 139 Å². The summed E-state index contributed by atoms with van der Waals surface area (Å²) in [6.07, 6.45) is 0. The van der Waals surface area contributed by atoms with Crippen molar-refractivity contribution in [1.82, 2.24) is 9.38 Å². The molecule has 2 heterocycles. The van der Waals surface area contributed by atoms with E-state index in [2.05, 4.69) is 25.1 Å². The summed E-state index contributed by atoms with van der Waals surface area (Å²) in [6.45, 7) is 6.07. The van der Waals surface area contributed by atoms with Gasteiger partial charge < -0.3 is 0 Å². The van der Waals surface area contributed by atoms with Crippen LogP contribution < -0.4 is 5.56 Å². The van der Waals surface area contributed by atoms with E-state index in [0.29, 0.717) is 0 Å². The fourth-order valence-corrected chi connectivity index (χ4v) is 3.45. The minimum atomic E-state index is 0.00685. The summed E-state index contributed by atoms with van der Waals surface area (Å²) in [6, 6.07) is 17.9. The maximum atomic E-state index is 13.0. The summed E-state index contributed by atoms with van der Waals surface area (Å²) in [5.74, 6) is 0. The van der Waals surface area contributed by atoms with Gasteiger partial charge in [-0.3, -0.25) is 9.20 Å². The van der Waals surface area contributed by atoms with Crippen LogP contribution in [-0.2, 0) is 0 Å². The highest BCUT2D eigenvalue weighted by atomic mass is 16.1. The molecule has 0 aliphatic carbocycles. The van der Waals surface area contributed by atoms with Crippen molar-refractivity contribution >= 4 is 38.2 Å². The van der Waals surface area contributed by atoms with E-state index in [-0.39, 0.29) is 5.56 Å². The van der Waals surface area contributed by atoms with E-state index in [0.717, 1.165) is 38.2 Å². The number of fused-ring (bicyclic) bond motifs is 4. The standard InChI is InChI=1S/C19H12N2O.C2H6/c1-11-9-10-13-17-12(11)5-4-6-14(17)19(22)21-16-8-3-2-7-15(16)20-18(13)21;1-2/h2-10H,1H3;1-2H3. The molecule has 5 rings (SSSR count). The molecule has 0 spiro atoms. The van der Waals surface area contributed by atoms with Gasteiger partial charge >= 0.3 is 0 Å². The Kier molecular flexibility index (Phi) is 3.24. The van der Waals surface area contributed by atoms with Crippen molar-refractivity contribution in [3.63, 3.8) is 0 Å². The molecule has 0 saturated heterocycles. The van der Waals surface area contributed by atoms with E-state index in [4.69, 9.17) is 4.98 Å². The van der Waals surface area contributed by atoms with Crippen LogP contribution in [0.2, 0.25) is 0 Å². The Morgan fingerprint density at radius 1 is 0.833 bits per heavy atom. The number of para-hydroxylation sites is 2. The highest BCUT2D eigenvalue weighted by molar-refractivity contribution is 6.16. The summed E-state index contributed by atoms with van der Waals surface area (Å²) in [5, 5.41) is 3.94. The van der Waals surface area contributed by atoms with Crippen molar-refractivity contribution in [2.45, 2.75) is 20.8 Å². The van der Waals surface area contributed by atoms with Crippen molar-refractivity contribution in [1.29, 1.82) is 0 Å². The van der Waals surface area contributed by atoms with Gasteiger partial charge in [-0.05, 0) is 36.1 Å². The average molecular weight is 314 g/mol. The molecular formula is C21H18N2O. The van der Waals surface area contributed by atoms with Crippen molar-refractivity contribution < 1.29 is 0 Å². The maximum Gasteiger partial charge on any atom is 0.264 e. The van der Waals surface area contributed by atoms with E-state index in [1.54, 1.807) is 4.40 Å². The van der Waals surface area contributed by atoms with Gasteiger partial charge in [-0.1, -0.05) is 50.2 Å². The molecule has 0 aliphatic rings. The smallest absolute Gasteiger partial charge is 0.264 e. The van der Waals surface area contributed by atoms with Crippen molar-refractivity contribution in [3.05, 3.63) is 70.5 Å². The zero-order valence-corrected chi connectivity index (χ0v) is 14.0. The number of aromatic nitrogens is 2. The Hall–Kier alpha value is -2.94. The first-order valence-corrected chi connectivity index (χ1v) is 8.30. The van der Waals surface area contributed by atoms with Gasteiger partial charge in [0.05, 0.1) is 11.0 Å². The third kappa shape index (κ3) is 1.78. The number of rotatable bonds is 0. The lowest BCUT2D eigenvalue weighted by Crippen LogP contribution is -2.13. The fourth-order valence-electron chi connectivity index (χ4n) is 3.45. The SMILES string of the molecule is CC.Cc1ccc2c3c1cccc3c(=O)n1c3ccccc3nc21. The topological polar surface area (TPSA) is 34.4 Å². The predicted molar refractivity (Wildman–Crippen MR) is 101 cm³/mol. The number of benzene rings is 3. The molecule has 0 amide bonds. The van der Waals surface area contributed by atoms with Crippen LogP contribution in [0.1, 0.15) is 19.4 Å². The van der Waals surface area contributed by atoms with Gasteiger partial charge in [0.2, 0.25) is 0 Å². The average Bonchev–Trinajstić information content (AvgIpc) is 3.02. The van der Waals surface area contributed by atoms with Crippen LogP contribution in [-0.4, -0.2) is 9.38 Å². The monoisotopic (exact) mass is 314 g/mol. The summed E-state index contributed by atoms with van der Waals surface area (Å²) >= 11 is 0. The van der Waals surface area contributed by atoms with Gasteiger partial charge in [0, 0.05) is 16.2 Å². The Morgan fingerprint density at radius 3 is 2.42 bits per heavy atom. The van der Waals surface area contributed by atoms with E-state index in [9.17, 15) is 4.79 Å². The van der Waals surface area contributed by atoms with Crippen LogP contribution in [0.4, 0.5) is 0 Å². The second kappa shape index (κ2) is 5.31. The summed E-state index contributed by atoms with van der Waals surface area (Å²) in [7, 11) is 0. The normalized spacial score (nSPS) is 11.3. The molecule has 0 atom stereocenters. The molecular weight excluding hydrogens is 296 g/mol. The lowest BCUT2D eigenvalue weighted by molar-refractivity contribution is 1.19. The lowest BCUT2D eigenvalue weighted by Gasteiger charge is -2.09. The molecule has 0 saturated carbocycles. The molecule has 5 aromatic rings. The first-order chi connectivity index (χ1) is 11.8. The number of pyridine rings is 1. The number of hydrogen-bond acceptors (Lipinski definition) is 2. The molecule has 0 radical (unpaired) electrons. The molecule has 118 valence electrons. The molecule has 0 fully saturated rings. The second-order valence-electron chi connectivity index (χ2n) is 5.72. The molecule has 3 heteroatoms. The summed E-state index contributed by atoms with van der Waals surface area (Å²) in [4.78, 5) is 17.7. The number of aryl methyl sites for hydroxylation is 1. The van der Waals surface area contributed by atoms with Gasteiger partial charge in [0.1, 0.15) is 5.65 Å². The quantitative estimate of drug-likeness (QED) is 0.406. The van der Waals surface area contributed by atoms with Crippen molar-refractivity contribution in [3.8, 4) is 0 Å². The van der Waals surface area contributed by atoms with Gasteiger partial charge in [-0.2, -0.15) is 0 Å². The van der Waals surface area contributed by atoms with E-state index in [1.165, 1.54) is 5.56 Å². The zero-order chi connectivity index (χ0) is 16.8. The number of hydrogen-bond donors (Lipinski definition) is 0. The van der Waals surface area contributed by atoms with Crippen molar-refractivity contribution in [2.24, 2.45) is 0 Å². The second-order valence-corrected chi connectivity index (χ2v) is 5.72.